The number of benzene rings is 2. The Kier molecular flexibility index (Phi) is 7.29. The third kappa shape index (κ3) is 6.34. The topological polar surface area (TPSA) is 68.3 Å². The van der Waals surface area contributed by atoms with Crippen molar-refractivity contribution in [1.29, 1.82) is 0 Å². The molecule has 0 unspecified atom stereocenters. The van der Waals surface area contributed by atoms with Crippen molar-refractivity contribution in [2.45, 2.75) is 25.9 Å². The lowest BCUT2D eigenvalue weighted by Gasteiger charge is -2.10. The number of halogens is 6. The maximum absolute atomic E-state index is 13.5. The molecule has 0 aliphatic rings. The van der Waals surface area contributed by atoms with E-state index in [9.17, 15) is 35.9 Å². The number of nitrogens with one attached hydrogen (secondary N) is 1. The molecular formula is C22H16F6N2O3S. The van der Waals surface area contributed by atoms with Crippen LogP contribution in [0.25, 0.3) is 0 Å². The van der Waals surface area contributed by atoms with E-state index in [1.807, 2.05) is 0 Å². The molecule has 0 aliphatic heterocycles. The summed E-state index contributed by atoms with van der Waals surface area (Å²) in [5.74, 6) is -2.30. The van der Waals surface area contributed by atoms with Crippen molar-refractivity contribution in [3.05, 3.63) is 80.8 Å². The number of ether oxygens (including phenoxy) is 1. The van der Waals surface area contributed by atoms with Gasteiger partial charge in [0.2, 0.25) is 5.78 Å². The molecular weight excluding hydrogens is 486 g/mol. The van der Waals surface area contributed by atoms with Gasteiger partial charge in [0.15, 0.2) is 10.7 Å². The number of aromatic nitrogens is 1. The highest BCUT2D eigenvalue weighted by Gasteiger charge is 2.40. The van der Waals surface area contributed by atoms with E-state index in [1.165, 1.54) is 18.2 Å². The Morgan fingerprint density at radius 2 is 1.74 bits per heavy atom. The molecule has 34 heavy (non-hydrogen) atoms. The molecule has 0 atom stereocenters. The minimum Gasteiger partial charge on any atom is -0.406 e. The minimum absolute atomic E-state index is 0.0238. The van der Waals surface area contributed by atoms with Crippen molar-refractivity contribution in [3.63, 3.8) is 0 Å². The Balaban J connectivity index is 1.75. The molecule has 0 saturated carbocycles. The molecule has 0 spiro atoms. The molecule has 5 nitrogen and oxygen atoms in total. The van der Waals surface area contributed by atoms with Crippen molar-refractivity contribution >= 4 is 23.0 Å². The lowest BCUT2D eigenvalue weighted by molar-refractivity contribution is -0.274. The first kappa shape index (κ1) is 25.2. The van der Waals surface area contributed by atoms with Gasteiger partial charge < -0.3 is 10.1 Å². The zero-order valence-electron chi connectivity index (χ0n) is 17.4. The fourth-order valence-electron chi connectivity index (χ4n) is 3.00. The second-order valence-corrected chi connectivity index (χ2v) is 8.04. The van der Waals surface area contributed by atoms with Crippen LogP contribution in [-0.2, 0) is 12.6 Å². The van der Waals surface area contributed by atoms with Crippen LogP contribution in [0.4, 0.5) is 26.3 Å². The normalized spacial score (nSPS) is 11.9. The zero-order valence-corrected chi connectivity index (χ0v) is 18.2. The molecule has 1 heterocycles. The standard InChI is InChI=1S/C22H16F6N2O3S/c1-12-5-2-3-8-15(12)16(31)20-30-18(21(23,24)25)17(34-20)19(32)29-10-9-13-6-4-7-14(11-13)33-22(26,27)28/h2-8,11H,9-10H2,1H3,(H,29,32). The summed E-state index contributed by atoms with van der Waals surface area (Å²) in [6.07, 6.45) is -9.83. The fourth-order valence-corrected chi connectivity index (χ4v) is 3.96. The van der Waals surface area contributed by atoms with Gasteiger partial charge in [-0.25, -0.2) is 4.98 Å². The predicted octanol–water partition coefficient (Wildman–Crippen LogP) is 5.57. The highest BCUT2D eigenvalue weighted by atomic mass is 32.1. The van der Waals surface area contributed by atoms with Gasteiger partial charge in [0.05, 0.1) is 0 Å². The minimum atomic E-state index is -4.98. The van der Waals surface area contributed by atoms with E-state index in [-0.39, 0.29) is 18.5 Å². The van der Waals surface area contributed by atoms with E-state index in [4.69, 9.17) is 0 Å². The van der Waals surface area contributed by atoms with Crippen LogP contribution < -0.4 is 10.1 Å². The van der Waals surface area contributed by atoms with Crippen LogP contribution in [0.2, 0.25) is 0 Å². The van der Waals surface area contributed by atoms with Crippen LogP contribution in [0.5, 0.6) is 5.75 Å². The average Bonchev–Trinajstić information content (AvgIpc) is 3.19. The van der Waals surface area contributed by atoms with Gasteiger partial charge >= 0.3 is 12.5 Å². The first-order valence-corrected chi connectivity index (χ1v) is 10.5. The molecule has 0 fully saturated rings. The number of rotatable bonds is 7. The Morgan fingerprint density at radius 1 is 1.03 bits per heavy atom. The van der Waals surface area contributed by atoms with Crippen LogP contribution >= 0.6 is 11.3 Å². The number of alkyl halides is 6. The molecule has 180 valence electrons. The third-order valence-corrected chi connectivity index (χ3v) is 5.57. The lowest BCUT2D eigenvalue weighted by atomic mass is 10.1. The van der Waals surface area contributed by atoms with Gasteiger partial charge in [-0.1, -0.05) is 36.4 Å². The highest BCUT2D eigenvalue weighted by molar-refractivity contribution is 7.15. The summed E-state index contributed by atoms with van der Waals surface area (Å²) in [5.41, 5.74) is -0.415. The van der Waals surface area contributed by atoms with Crippen molar-refractivity contribution < 1.29 is 40.7 Å². The largest absolute Gasteiger partial charge is 0.573 e. The second-order valence-electron chi connectivity index (χ2n) is 7.04. The molecule has 1 amide bonds. The Hall–Kier alpha value is -3.41. The monoisotopic (exact) mass is 502 g/mol. The number of carbonyl (C=O) groups is 2. The van der Waals surface area contributed by atoms with Crippen LogP contribution in [0, 0.1) is 6.92 Å². The van der Waals surface area contributed by atoms with Gasteiger partial charge in [-0.05, 0) is 36.6 Å². The summed E-state index contributed by atoms with van der Waals surface area (Å²) in [6.45, 7) is 1.44. The summed E-state index contributed by atoms with van der Waals surface area (Å²) in [7, 11) is 0. The average molecular weight is 502 g/mol. The van der Waals surface area contributed by atoms with E-state index in [2.05, 4.69) is 15.0 Å². The highest BCUT2D eigenvalue weighted by Crippen LogP contribution is 2.35. The number of carbonyl (C=O) groups excluding carboxylic acids is 2. The molecule has 12 heteroatoms. The summed E-state index contributed by atoms with van der Waals surface area (Å²) >= 11 is 0.323. The van der Waals surface area contributed by atoms with Crippen molar-refractivity contribution in [2.75, 3.05) is 6.54 Å². The van der Waals surface area contributed by atoms with E-state index in [0.29, 0.717) is 22.5 Å². The number of amides is 1. The number of hydrogen-bond acceptors (Lipinski definition) is 5. The van der Waals surface area contributed by atoms with Gasteiger partial charge in [-0.3, -0.25) is 9.59 Å². The molecule has 0 bridgehead atoms. The second kappa shape index (κ2) is 9.84. The third-order valence-electron chi connectivity index (χ3n) is 4.52. The Bertz CT molecular complexity index is 1200. The quantitative estimate of drug-likeness (QED) is 0.339. The van der Waals surface area contributed by atoms with Crippen molar-refractivity contribution in [2.24, 2.45) is 0 Å². The maximum Gasteiger partial charge on any atom is 0.573 e. The summed E-state index contributed by atoms with van der Waals surface area (Å²) in [4.78, 5) is 27.8. The molecule has 0 aliphatic carbocycles. The molecule has 0 radical (unpaired) electrons. The lowest BCUT2D eigenvalue weighted by Crippen LogP contribution is -2.27. The molecule has 3 rings (SSSR count). The molecule has 3 aromatic rings. The summed E-state index contributed by atoms with van der Waals surface area (Å²) in [6, 6.07) is 11.3. The number of aryl methyl sites for hydroxylation is 1. The van der Waals surface area contributed by atoms with Crippen molar-refractivity contribution in [1.82, 2.24) is 10.3 Å². The number of thiazole rings is 1. The number of nitrogens with zero attached hydrogens (tertiary/aromatic N) is 1. The molecule has 1 N–H and O–H groups in total. The van der Waals surface area contributed by atoms with Crippen molar-refractivity contribution in [3.8, 4) is 5.75 Å². The van der Waals surface area contributed by atoms with Gasteiger partial charge in [0.25, 0.3) is 5.91 Å². The molecule has 2 aromatic carbocycles. The van der Waals surface area contributed by atoms with E-state index >= 15 is 0 Å². The zero-order chi connectivity index (χ0) is 25.1. The van der Waals surface area contributed by atoms with Crippen LogP contribution in [0.3, 0.4) is 0 Å². The SMILES string of the molecule is Cc1ccccc1C(=O)c1nc(C(F)(F)F)c(C(=O)NCCc2cccc(OC(F)(F)F)c2)s1. The van der Waals surface area contributed by atoms with Crippen LogP contribution in [0.15, 0.2) is 48.5 Å². The van der Waals surface area contributed by atoms with Crippen LogP contribution in [-0.4, -0.2) is 29.6 Å². The molecule has 0 saturated heterocycles. The van der Waals surface area contributed by atoms with E-state index < -0.39 is 45.6 Å². The molecule has 1 aromatic heterocycles. The van der Waals surface area contributed by atoms with E-state index in [0.717, 1.165) is 12.1 Å². The van der Waals surface area contributed by atoms with E-state index in [1.54, 1.807) is 25.1 Å². The number of hydrogen-bond donors (Lipinski definition) is 1. The summed E-state index contributed by atoms with van der Waals surface area (Å²) in [5, 5.41) is 1.81. The fraction of sp³-hybridized carbons (Fsp3) is 0.227. The predicted molar refractivity (Wildman–Crippen MR) is 111 cm³/mol. The van der Waals surface area contributed by atoms with Gasteiger partial charge in [-0.2, -0.15) is 13.2 Å². The first-order valence-electron chi connectivity index (χ1n) is 9.66. The number of ketones is 1. The summed E-state index contributed by atoms with van der Waals surface area (Å²) < 4.78 is 81.3. The first-order chi connectivity index (χ1) is 15.8. The maximum atomic E-state index is 13.5. The smallest absolute Gasteiger partial charge is 0.406 e. The van der Waals surface area contributed by atoms with Gasteiger partial charge in [-0.15, -0.1) is 24.5 Å². The Morgan fingerprint density at radius 3 is 2.38 bits per heavy atom. The van der Waals surface area contributed by atoms with Gasteiger partial charge in [0.1, 0.15) is 10.6 Å². The Labute approximate surface area is 193 Å². The van der Waals surface area contributed by atoms with Gasteiger partial charge in [0, 0.05) is 12.1 Å². The van der Waals surface area contributed by atoms with Crippen LogP contribution in [0.1, 0.15) is 41.9 Å².